The Morgan fingerprint density at radius 1 is 1.54 bits per heavy atom. The maximum atomic E-state index is 5.73. The van der Waals surface area contributed by atoms with Gasteiger partial charge in [-0.2, -0.15) is 0 Å². The van der Waals surface area contributed by atoms with Crippen LogP contribution in [0.4, 0.5) is 0 Å². The molecule has 1 aliphatic heterocycles. The van der Waals surface area contributed by atoms with Crippen LogP contribution in [0, 0.1) is 0 Å². The summed E-state index contributed by atoms with van der Waals surface area (Å²) in [6.45, 7) is 3.77. The first kappa shape index (κ1) is 8.78. The topological polar surface area (TPSA) is 34.1 Å². The lowest BCUT2D eigenvalue weighted by molar-refractivity contribution is 0.0305. The van der Waals surface area contributed by atoms with Crippen molar-refractivity contribution in [1.82, 2.24) is 10.3 Å². The van der Waals surface area contributed by atoms with E-state index < -0.39 is 0 Å². The Hall–Kier alpha value is -0.800. The van der Waals surface area contributed by atoms with Gasteiger partial charge in [-0.3, -0.25) is 0 Å². The van der Waals surface area contributed by atoms with Crippen LogP contribution in [0.2, 0.25) is 5.15 Å². The molecule has 0 aliphatic carbocycles. The van der Waals surface area contributed by atoms with Crippen LogP contribution >= 0.6 is 11.6 Å². The van der Waals surface area contributed by atoms with Crippen LogP contribution in [0.5, 0.6) is 5.88 Å². The summed E-state index contributed by atoms with van der Waals surface area (Å²) in [6.07, 6.45) is 0. The molecular weight excluding hydrogens is 188 g/mol. The minimum absolute atomic E-state index is 0.113. The molecule has 70 valence electrons. The molecule has 0 atom stereocenters. The number of nitrogens with one attached hydrogen (secondary N) is 1. The molecule has 2 rings (SSSR count). The van der Waals surface area contributed by atoms with Crippen LogP contribution in [0.15, 0.2) is 18.2 Å². The summed E-state index contributed by atoms with van der Waals surface area (Å²) in [5.41, 5.74) is -0.113. The molecule has 3 nitrogen and oxygen atoms in total. The third-order valence-electron chi connectivity index (χ3n) is 2.04. The zero-order valence-corrected chi connectivity index (χ0v) is 8.14. The van der Waals surface area contributed by atoms with E-state index in [1.807, 2.05) is 19.1 Å². The lowest BCUT2D eigenvalue weighted by atomic mass is 10.0. The Kier molecular flexibility index (Phi) is 2.14. The first-order valence-electron chi connectivity index (χ1n) is 4.20. The third kappa shape index (κ3) is 1.92. The van der Waals surface area contributed by atoms with Crippen molar-refractivity contribution in [3.05, 3.63) is 23.4 Å². The van der Waals surface area contributed by atoms with Gasteiger partial charge in [-0.05, 0) is 13.0 Å². The second-order valence-corrected chi connectivity index (χ2v) is 3.84. The van der Waals surface area contributed by atoms with Crippen molar-refractivity contribution in [2.24, 2.45) is 0 Å². The zero-order valence-electron chi connectivity index (χ0n) is 7.38. The maximum Gasteiger partial charge on any atom is 0.215 e. The van der Waals surface area contributed by atoms with Crippen LogP contribution in [0.3, 0.4) is 0 Å². The highest BCUT2D eigenvalue weighted by Crippen LogP contribution is 2.20. The van der Waals surface area contributed by atoms with Gasteiger partial charge >= 0.3 is 0 Å². The summed E-state index contributed by atoms with van der Waals surface area (Å²) in [7, 11) is 0. The van der Waals surface area contributed by atoms with E-state index in [1.54, 1.807) is 6.07 Å². The van der Waals surface area contributed by atoms with Crippen molar-refractivity contribution in [2.45, 2.75) is 12.5 Å². The first-order chi connectivity index (χ1) is 6.18. The molecule has 1 aromatic rings. The first-order valence-corrected chi connectivity index (χ1v) is 4.58. The smallest absolute Gasteiger partial charge is 0.215 e. The second-order valence-electron chi connectivity index (χ2n) is 3.45. The number of ether oxygens (including phenoxy) is 1. The summed E-state index contributed by atoms with van der Waals surface area (Å²) >= 11 is 5.73. The SMILES string of the molecule is CC1(Oc2cccc(Cl)n2)CNC1. The van der Waals surface area contributed by atoms with E-state index in [1.165, 1.54) is 0 Å². The molecule has 1 saturated heterocycles. The lowest BCUT2D eigenvalue weighted by Gasteiger charge is -2.38. The monoisotopic (exact) mass is 198 g/mol. The molecule has 0 radical (unpaired) electrons. The summed E-state index contributed by atoms with van der Waals surface area (Å²) in [5, 5.41) is 3.62. The van der Waals surface area contributed by atoms with Gasteiger partial charge in [0.25, 0.3) is 0 Å². The highest BCUT2D eigenvalue weighted by Gasteiger charge is 2.34. The fraction of sp³-hybridized carbons (Fsp3) is 0.444. The van der Waals surface area contributed by atoms with Crippen LogP contribution < -0.4 is 10.1 Å². The number of aromatic nitrogens is 1. The summed E-state index contributed by atoms with van der Waals surface area (Å²) < 4.78 is 5.66. The van der Waals surface area contributed by atoms with Crippen molar-refractivity contribution >= 4 is 11.6 Å². The molecule has 0 unspecified atom stereocenters. The van der Waals surface area contributed by atoms with Gasteiger partial charge in [-0.25, -0.2) is 4.98 Å². The normalized spacial score (nSPS) is 19.2. The summed E-state index contributed by atoms with van der Waals surface area (Å²) in [4.78, 5) is 4.06. The van der Waals surface area contributed by atoms with E-state index in [-0.39, 0.29) is 5.60 Å². The third-order valence-corrected chi connectivity index (χ3v) is 2.25. The largest absolute Gasteiger partial charge is 0.469 e. The molecule has 1 aromatic heterocycles. The molecule has 0 aromatic carbocycles. The standard InChI is InChI=1S/C9H11ClN2O/c1-9(5-11-6-9)13-8-4-2-3-7(10)12-8/h2-4,11H,5-6H2,1H3. The Morgan fingerprint density at radius 3 is 2.85 bits per heavy atom. The predicted octanol–water partition coefficient (Wildman–Crippen LogP) is 1.48. The van der Waals surface area contributed by atoms with E-state index in [2.05, 4.69) is 10.3 Å². The molecule has 0 saturated carbocycles. The van der Waals surface area contributed by atoms with Gasteiger partial charge in [-0.1, -0.05) is 17.7 Å². The van der Waals surface area contributed by atoms with E-state index >= 15 is 0 Å². The minimum Gasteiger partial charge on any atom is -0.469 e. The molecule has 0 bridgehead atoms. The van der Waals surface area contributed by atoms with E-state index in [9.17, 15) is 0 Å². The number of nitrogens with zero attached hydrogens (tertiary/aromatic N) is 1. The summed E-state index contributed by atoms with van der Waals surface area (Å²) in [6, 6.07) is 5.38. The van der Waals surface area contributed by atoms with Crippen molar-refractivity contribution in [2.75, 3.05) is 13.1 Å². The molecule has 13 heavy (non-hydrogen) atoms. The second kappa shape index (κ2) is 3.16. The maximum absolute atomic E-state index is 5.73. The molecular formula is C9H11ClN2O. The number of rotatable bonds is 2. The molecule has 1 fully saturated rings. The van der Waals surface area contributed by atoms with Crippen LogP contribution in [0.25, 0.3) is 0 Å². The number of halogens is 1. The average molecular weight is 199 g/mol. The van der Waals surface area contributed by atoms with Gasteiger partial charge in [0.2, 0.25) is 5.88 Å². The van der Waals surface area contributed by atoms with Gasteiger partial charge < -0.3 is 10.1 Å². The number of pyridine rings is 1. The van der Waals surface area contributed by atoms with Crippen molar-refractivity contribution in [3.8, 4) is 5.88 Å². The Bertz CT molecular complexity index is 312. The van der Waals surface area contributed by atoms with Gasteiger partial charge in [0.1, 0.15) is 10.8 Å². The van der Waals surface area contributed by atoms with Gasteiger partial charge in [0.15, 0.2) is 0 Å². The quantitative estimate of drug-likeness (QED) is 0.731. The molecule has 1 aliphatic rings. The number of hydrogen-bond acceptors (Lipinski definition) is 3. The molecule has 2 heterocycles. The zero-order chi connectivity index (χ0) is 9.31. The van der Waals surface area contributed by atoms with E-state index in [4.69, 9.17) is 16.3 Å². The number of hydrogen-bond donors (Lipinski definition) is 1. The minimum atomic E-state index is -0.113. The Balaban J connectivity index is 2.09. The van der Waals surface area contributed by atoms with Crippen molar-refractivity contribution in [1.29, 1.82) is 0 Å². The molecule has 4 heteroatoms. The highest BCUT2D eigenvalue weighted by molar-refractivity contribution is 6.29. The van der Waals surface area contributed by atoms with Crippen LogP contribution in [-0.2, 0) is 0 Å². The van der Waals surface area contributed by atoms with E-state index in [0.29, 0.717) is 11.0 Å². The van der Waals surface area contributed by atoms with Crippen LogP contribution in [-0.4, -0.2) is 23.7 Å². The van der Waals surface area contributed by atoms with Crippen molar-refractivity contribution in [3.63, 3.8) is 0 Å². The van der Waals surface area contributed by atoms with Crippen molar-refractivity contribution < 1.29 is 4.74 Å². The van der Waals surface area contributed by atoms with E-state index in [0.717, 1.165) is 13.1 Å². The summed E-state index contributed by atoms with van der Waals surface area (Å²) in [5.74, 6) is 0.594. The van der Waals surface area contributed by atoms with Crippen LogP contribution in [0.1, 0.15) is 6.92 Å². The van der Waals surface area contributed by atoms with Gasteiger partial charge in [0, 0.05) is 19.2 Å². The molecule has 0 amide bonds. The van der Waals surface area contributed by atoms with Gasteiger partial charge in [0.05, 0.1) is 0 Å². The fourth-order valence-corrected chi connectivity index (χ4v) is 1.40. The predicted molar refractivity (Wildman–Crippen MR) is 51.1 cm³/mol. The highest BCUT2D eigenvalue weighted by atomic mass is 35.5. The molecule has 0 spiro atoms. The lowest BCUT2D eigenvalue weighted by Crippen LogP contribution is -2.61. The molecule has 1 N–H and O–H groups in total. The average Bonchev–Trinajstić information content (AvgIpc) is 2.01. The fourth-order valence-electron chi connectivity index (χ4n) is 1.25. The Morgan fingerprint density at radius 2 is 2.31 bits per heavy atom. The Labute approximate surface area is 82.1 Å². The van der Waals surface area contributed by atoms with Gasteiger partial charge in [-0.15, -0.1) is 0 Å².